The first-order valence-electron chi connectivity index (χ1n) is 14.0. The Balaban J connectivity index is 0.000000304. The summed E-state index contributed by atoms with van der Waals surface area (Å²) < 4.78 is 0. The van der Waals surface area contributed by atoms with E-state index in [9.17, 15) is 4.79 Å². The van der Waals surface area contributed by atoms with Crippen LogP contribution in [0.2, 0.25) is 0 Å². The fourth-order valence-corrected chi connectivity index (χ4v) is 5.17. The molecule has 1 atom stereocenters. The Morgan fingerprint density at radius 2 is 1.56 bits per heavy atom. The molecule has 0 radical (unpaired) electrons. The van der Waals surface area contributed by atoms with Crippen molar-refractivity contribution in [3.8, 4) is 0 Å². The van der Waals surface area contributed by atoms with Gasteiger partial charge in [-0.3, -0.25) is 4.79 Å². The third kappa shape index (κ3) is 7.06. The Hall–Kier alpha value is -2.93. The average Bonchev–Trinajstić information content (AvgIpc) is 3.39. The van der Waals surface area contributed by atoms with Crippen LogP contribution in [-0.2, 0) is 11.2 Å². The van der Waals surface area contributed by atoms with Gasteiger partial charge in [-0.15, -0.1) is 0 Å². The van der Waals surface area contributed by atoms with E-state index in [1.165, 1.54) is 39.8 Å². The van der Waals surface area contributed by atoms with E-state index >= 15 is 0 Å². The van der Waals surface area contributed by atoms with Crippen LogP contribution in [0.3, 0.4) is 0 Å². The van der Waals surface area contributed by atoms with E-state index in [0.29, 0.717) is 12.2 Å². The molecule has 0 bridgehead atoms. The monoisotopic (exact) mass is 480 g/mol. The van der Waals surface area contributed by atoms with Crippen LogP contribution in [0.5, 0.6) is 0 Å². The molecule has 1 heteroatoms. The molecule has 3 aliphatic rings. The standard InChI is InChI=1S/C25H28O.C7H8.C3H8/c1-3-6-24(26)21-15-20-14-13-18-7-5-8-22(18)25(20)23(16-21)19-11-9-17(4-2)10-12-19;1-7-5-3-2-4-6-7;1-3-2/h5,8-12,16,23H,3-4,6-7,13-15H2,1-2H3;2-6H,1H3;3H2,1-2H3. The zero-order chi connectivity index (χ0) is 25.9. The van der Waals surface area contributed by atoms with Crippen LogP contribution >= 0.6 is 0 Å². The molecule has 0 heterocycles. The molecule has 2 aromatic rings. The first-order valence-corrected chi connectivity index (χ1v) is 14.0. The predicted molar refractivity (Wildman–Crippen MR) is 155 cm³/mol. The van der Waals surface area contributed by atoms with E-state index in [4.69, 9.17) is 0 Å². The summed E-state index contributed by atoms with van der Waals surface area (Å²) in [6.07, 6.45) is 15.1. The second-order valence-electron chi connectivity index (χ2n) is 10.1. The quantitative estimate of drug-likeness (QED) is 0.416. The third-order valence-corrected chi connectivity index (χ3v) is 7.03. The van der Waals surface area contributed by atoms with E-state index in [0.717, 1.165) is 44.1 Å². The second-order valence-corrected chi connectivity index (χ2v) is 10.1. The number of Topliss-reactive ketones (excluding diaryl/α,β-unsaturated/α-hetero) is 1. The molecule has 0 fully saturated rings. The van der Waals surface area contributed by atoms with Gasteiger partial charge in [-0.25, -0.2) is 0 Å². The van der Waals surface area contributed by atoms with Crippen LogP contribution < -0.4 is 0 Å². The summed E-state index contributed by atoms with van der Waals surface area (Å²) in [7, 11) is 0. The molecule has 2 aromatic carbocycles. The van der Waals surface area contributed by atoms with E-state index < -0.39 is 0 Å². The first-order chi connectivity index (χ1) is 17.5. The molecule has 5 rings (SSSR count). The lowest BCUT2D eigenvalue weighted by molar-refractivity contribution is -0.115. The minimum atomic E-state index is 0.230. The van der Waals surface area contributed by atoms with E-state index in [2.05, 4.69) is 89.2 Å². The van der Waals surface area contributed by atoms with Crippen molar-refractivity contribution in [2.24, 2.45) is 0 Å². The topological polar surface area (TPSA) is 17.1 Å². The smallest absolute Gasteiger partial charge is 0.158 e. The molecule has 36 heavy (non-hydrogen) atoms. The fraction of sp³-hybridized carbons (Fsp3) is 0.400. The van der Waals surface area contributed by atoms with Gasteiger partial charge in [0.1, 0.15) is 0 Å². The molecule has 190 valence electrons. The molecule has 0 aromatic heterocycles. The Labute approximate surface area is 219 Å². The summed E-state index contributed by atoms with van der Waals surface area (Å²) >= 11 is 0. The number of aryl methyl sites for hydroxylation is 2. The van der Waals surface area contributed by atoms with E-state index in [-0.39, 0.29) is 5.92 Å². The Morgan fingerprint density at radius 3 is 2.14 bits per heavy atom. The molecular weight excluding hydrogens is 436 g/mol. The highest BCUT2D eigenvalue weighted by Crippen LogP contribution is 2.48. The number of allylic oxidation sites excluding steroid dienone is 8. The summed E-state index contributed by atoms with van der Waals surface area (Å²) in [5, 5.41) is 0. The number of carbonyl (C=O) groups excluding carboxylic acids is 1. The average molecular weight is 481 g/mol. The van der Waals surface area contributed by atoms with Gasteiger partial charge in [0.05, 0.1) is 0 Å². The van der Waals surface area contributed by atoms with Crippen molar-refractivity contribution in [2.75, 3.05) is 0 Å². The number of carbonyl (C=O) groups is 1. The third-order valence-electron chi connectivity index (χ3n) is 7.03. The van der Waals surface area contributed by atoms with Gasteiger partial charge < -0.3 is 0 Å². The lowest BCUT2D eigenvalue weighted by Gasteiger charge is -2.32. The molecule has 1 nitrogen and oxygen atoms in total. The maximum Gasteiger partial charge on any atom is 0.158 e. The molecule has 0 amide bonds. The summed E-state index contributed by atoms with van der Waals surface area (Å²) in [6, 6.07) is 19.3. The molecule has 0 spiro atoms. The van der Waals surface area contributed by atoms with Crippen molar-refractivity contribution < 1.29 is 4.79 Å². The number of hydrogen-bond acceptors (Lipinski definition) is 1. The Kier molecular flexibility index (Phi) is 10.7. The minimum Gasteiger partial charge on any atom is -0.295 e. The lowest BCUT2D eigenvalue weighted by Crippen LogP contribution is -2.18. The van der Waals surface area contributed by atoms with Crippen LogP contribution in [0.25, 0.3) is 0 Å². The predicted octanol–water partition coefficient (Wildman–Crippen LogP) is 9.79. The number of benzene rings is 2. The number of hydrogen-bond donors (Lipinski definition) is 0. The summed E-state index contributed by atoms with van der Waals surface area (Å²) in [5.41, 5.74) is 11.1. The van der Waals surface area contributed by atoms with Crippen molar-refractivity contribution in [1.82, 2.24) is 0 Å². The Morgan fingerprint density at radius 1 is 0.889 bits per heavy atom. The van der Waals surface area contributed by atoms with Crippen LogP contribution in [0.4, 0.5) is 0 Å². The van der Waals surface area contributed by atoms with Crippen molar-refractivity contribution in [3.05, 3.63) is 117 Å². The van der Waals surface area contributed by atoms with Gasteiger partial charge in [0.15, 0.2) is 5.78 Å². The van der Waals surface area contributed by atoms with Gasteiger partial charge in [-0.1, -0.05) is 124 Å². The molecule has 0 N–H and O–H groups in total. The zero-order valence-corrected chi connectivity index (χ0v) is 23.1. The number of rotatable bonds is 5. The number of ketones is 1. The number of fused-ring (bicyclic) bond motifs is 1. The zero-order valence-electron chi connectivity index (χ0n) is 23.1. The molecule has 0 aliphatic heterocycles. The molecule has 3 aliphatic carbocycles. The van der Waals surface area contributed by atoms with E-state index in [1.54, 1.807) is 5.57 Å². The van der Waals surface area contributed by atoms with Gasteiger partial charge in [-0.2, -0.15) is 0 Å². The highest BCUT2D eigenvalue weighted by atomic mass is 16.1. The molecular formula is C35H44O. The van der Waals surface area contributed by atoms with Crippen molar-refractivity contribution in [3.63, 3.8) is 0 Å². The molecule has 1 unspecified atom stereocenters. The minimum absolute atomic E-state index is 0.230. The van der Waals surface area contributed by atoms with Crippen LogP contribution in [0, 0.1) is 6.92 Å². The normalized spacial score (nSPS) is 17.8. The lowest BCUT2D eigenvalue weighted by atomic mass is 9.71. The van der Waals surface area contributed by atoms with Crippen molar-refractivity contribution in [1.29, 1.82) is 0 Å². The van der Waals surface area contributed by atoms with Crippen LogP contribution in [-0.4, -0.2) is 5.78 Å². The van der Waals surface area contributed by atoms with Gasteiger partial charge >= 0.3 is 0 Å². The highest BCUT2D eigenvalue weighted by molar-refractivity contribution is 5.96. The van der Waals surface area contributed by atoms with Crippen molar-refractivity contribution in [2.45, 2.75) is 91.9 Å². The fourth-order valence-electron chi connectivity index (χ4n) is 5.17. The largest absolute Gasteiger partial charge is 0.295 e. The van der Waals surface area contributed by atoms with E-state index in [1.807, 2.05) is 18.2 Å². The first kappa shape index (κ1) is 27.7. The molecule has 0 saturated carbocycles. The van der Waals surface area contributed by atoms with Crippen LogP contribution in [0.1, 0.15) is 95.2 Å². The SMILES string of the molecule is CCC.CCCC(=O)C1=CC(c2ccc(CC)cc2)C2=C(CCC3=C2C=CC3)C1.Cc1ccccc1. The Bertz CT molecular complexity index is 1120. The maximum atomic E-state index is 12.7. The van der Waals surface area contributed by atoms with Gasteiger partial charge in [0.25, 0.3) is 0 Å². The van der Waals surface area contributed by atoms with Gasteiger partial charge in [0, 0.05) is 12.3 Å². The summed E-state index contributed by atoms with van der Waals surface area (Å²) in [5.74, 6) is 0.574. The van der Waals surface area contributed by atoms with Gasteiger partial charge in [-0.05, 0) is 73.3 Å². The highest BCUT2D eigenvalue weighted by Gasteiger charge is 2.32. The van der Waals surface area contributed by atoms with Crippen molar-refractivity contribution >= 4 is 5.78 Å². The second kappa shape index (κ2) is 14.0. The summed E-state index contributed by atoms with van der Waals surface area (Å²) in [6.45, 7) is 10.6. The maximum absolute atomic E-state index is 12.7. The van der Waals surface area contributed by atoms with Gasteiger partial charge in [0.2, 0.25) is 0 Å². The van der Waals surface area contributed by atoms with Crippen LogP contribution in [0.15, 0.2) is 101 Å². The molecule has 0 saturated heterocycles. The summed E-state index contributed by atoms with van der Waals surface area (Å²) in [4.78, 5) is 12.7.